The molecule has 0 bridgehead atoms. The standard InChI is InChI=1S/C18H27F3N2O5/c1-17(2,3)28-16(26)23-10-11(9-13(23)15(25)27-4)14(24)22-7-5-12(6-8-22)18(19,20)21/h11-13H,5-10H2,1-4H3/t11-,13-/m0/s1. The molecule has 0 spiro atoms. The van der Waals surface area contributed by atoms with Gasteiger partial charge in [-0.1, -0.05) is 0 Å². The van der Waals surface area contributed by atoms with E-state index >= 15 is 0 Å². The second-order valence-corrected chi connectivity index (χ2v) is 8.25. The molecule has 0 aromatic heterocycles. The van der Waals surface area contributed by atoms with E-state index in [0.29, 0.717) is 0 Å². The van der Waals surface area contributed by atoms with E-state index in [1.54, 1.807) is 20.8 Å². The molecule has 2 aliphatic heterocycles. The predicted octanol–water partition coefficient (Wildman–Crippen LogP) is 2.59. The molecule has 2 atom stereocenters. The highest BCUT2D eigenvalue weighted by atomic mass is 19.4. The lowest BCUT2D eigenvalue weighted by Gasteiger charge is -2.34. The number of hydrogen-bond donors (Lipinski definition) is 0. The van der Waals surface area contributed by atoms with Crippen molar-refractivity contribution in [2.75, 3.05) is 26.7 Å². The van der Waals surface area contributed by atoms with Crippen molar-refractivity contribution >= 4 is 18.0 Å². The number of piperidine rings is 1. The first-order valence-corrected chi connectivity index (χ1v) is 9.26. The minimum Gasteiger partial charge on any atom is -0.467 e. The van der Waals surface area contributed by atoms with E-state index in [-0.39, 0.29) is 44.8 Å². The largest absolute Gasteiger partial charge is 0.467 e. The fourth-order valence-electron chi connectivity index (χ4n) is 3.58. The first-order valence-electron chi connectivity index (χ1n) is 9.26. The topological polar surface area (TPSA) is 76.2 Å². The molecule has 2 rings (SSSR count). The number of carbonyl (C=O) groups is 3. The average molecular weight is 408 g/mol. The number of amides is 2. The van der Waals surface area contributed by atoms with Crippen LogP contribution in [0.2, 0.25) is 0 Å². The molecule has 0 aromatic rings. The van der Waals surface area contributed by atoms with E-state index in [0.717, 1.165) is 0 Å². The van der Waals surface area contributed by atoms with Gasteiger partial charge in [-0.3, -0.25) is 9.69 Å². The highest BCUT2D eigenvalue weighted by Gasteiger charge is 2.47. The van der Waals surface area contributed by atoms with Gasteiger partial charge in [0, 0.05) is 19.6 Å². The summed E-state index contributed by atoms with van der Waals surface area (Å²) >= 11 is 0. The van der Waals surface area contributed by atoms with Crippen LogP contribution in [-0.2, 0) is 19.1 Å². The van der Waals surface area contributed by atoms with Gasteiger partial charge in [-0.05, 0) is 40.0 Å². The molecule has 0 N–H and O–H groups in total. The Morgan fingerprint density at radius 1 is 1.04 bits per heavy atom. The molecule has 0 saturated carbocycles. The van der Waals surface area contributed by atoms with Gasteiger partial charge in [0.05, 0.1) is 18.9 Å². The lowest BCUT2D eigenvalue weighted by atomic mass is 9.94. The van der Waals surface area contributed by atoms with Crippen molar-refractivity contribution in [1.29, 1.82) is 0 Å². The maximum absolute atomic E-state index is 12.8. The van der Waals surface area contributed by atoms with Crippen molar-refractivity contribution in [3.05, 3.63) is 0 Å². The van der Waals surface area contributed by atoms with Gasteiger partial charge in [0.15, 0.2) is 0 Å². The number of hydrogen-bond acceptors (Lipinski definition) is 5. The number of alkyl halides is 3. The summed E-state index contributed by atoms with van der Waals surface area (Å²) in [6, 6.07) is -0.957. The summed E-state index contributed by atoms with van der Waals surface area (Å²) < 4.78 is 48.5. The van der Waals surface area contributed by atoms with Crippen molar-refractivity contribution in [2.24, 2.45) is 11.8 Å². The fourth-order valence-corrected chi connectivity index (χ4v) is 3.58. The Bertz CT molecular complexity index is 609. The summed E-state index contributed by atoms with van der Waals surface area (Å²) in [5.74, 6) is -3.09. The van der Waals surface area contributed by atoms with Crippen LogP contribution in [0.25, 0.3) is 0 Å². The van der Waals surface area contributed by atoms with Crippen LogP contribution in [0.3, 0.4) is 0 Å². The van der Waals surface area contributed by atoms with E-state index in [1.165, 1.54) is 16.9 Å². The zero-order valence-corrected chi connectivity index (χ0v) is 16.5. The van der Waals surface area contributed by atoms with Gasteiger partial charge < -0.3 is 14.4 Å². The van der Waals surface area contributed by atoms with Crippen LogP contribution in [0.15, 0.2) is 0 Å². The minimum atomic E-state index is -4.26. The first-order chi connectivity index (χ1) is 12.8. The van der Waals surface area contributed by atoms with Gasteiger partial charge in [-0.25, -0.2) is 9.59 Å². The third-order valence-corrected chi connectivity index (χ3v) is 5.02. The SMILES string of the molecule is COC(=O)[C@@H]1C[C@H](C(=O)N2CCC(C(F)(F)F)CC2)CN1C(=O)OC(C)(C)C. The van der Waals surface area contributed by atoms with Gasteiger partial charge in [0.25, 0.3) is 0 Å². The number of halogens is 3. The number of likely N-dealkylation sites (tertiary alicyclic amines) is 2. The van der Waals surface area contributed by atoms with Crippen LogP contribution in [-0.4, -0.2) is 72.3 Å². The first kappa shape index (κ1) is 22.3. The zero-order valence-electron chi connectivity index (χ0n) is 16.5. The Labute approximate surface area is 162 Å². The van der Waals surface area contributed by atoms with Gasteiger partial charge in [0.1, 0.15) is 11.6 Å². The lowest BCUT2D eigenvalue weighted by molar-refractivity contribution is -0.186. The van der Waals surface area contributed by atoms with E-state index in [9.17, 15) is 27.6 Å². The third kappa shape index (κ3) is 5.29. The monoisotopic (exact) mass is 408 g/mol. The van der Waals surface area contributed by atoms with Gasteiger partial charge in [-0.15, -0.1) is 0 Å². The van der Waals surface area contributed by atoms with Crippen molar-refractivity contribution in [2.45, 2.75) is 57.9 Å². The Kier molecular flexibility index (Phi) is 6.50. The maximum Gasteiger partial charge on any atom is 0.411 e. The summed E-state index contributed by atoms with van der Waals surface area (Å²) in [5, 5.41) is 0. The Morgan fingerprint density at radius 2 is 1.61 bits per heavy atom. The van der Waals surface area contributed by atoms with Crippen molar-refractivity contribution in [1.82, 2.24) is 9.80 Å². The van der Waals surface area contributed by atoms with E-state index in [2.05, 4.69) is 0 Å². The summed E-state index contributed by atoms with van der Waals surface area (Å²) in [6.45, 7) is 5.03. The molecule has 0 radical (unpaired) electrons. The number of carbonyl (C=O) groups excluding carboxylic acids is 3. The molecule has 2 fully saturated rings. The van der Waals surface area contributed by atoms with Gasteiger partial charge >= 0.3 is 18.2 Å². The zero-order chi connectivity index (χ0) is 21.3. The average Bonchev–Trinajstić information content (AvgIpc) is 3.04. The summed E-state index contributed by atoms with van der Waals surface area (Å²) in [7, 11) is 1.19. The molecule has 0 aliphatic carbocycles. The number of methoxy groups -OCH3 is 1. The second kappa shape index (κ2) is 8.16. The van der Waals surface area contributed by atoms with Gasteiger partial charge in [0.2, 0.25) is 5.91 Å². The molecule has 0 aromatic carbocycles. The molecule has 28 heavy (non-hydrogen) atoms. The van der Waals surface area contributed by atoms with Crippen LogP contribution in [0, 0.1) is 11.8 Å². The molecular weight excluding hydrogens is 381 g/mol. The molecule has 2 amide bonds. The molecule has 10 heteroatoms. The number of rotatable bonds is 2. The Hall–Kier alpha value is -2.00. The number of ether oxygens (including phenoxy) is 2. The van der Waals surface area contributed by atoms with Crippen LogP contribution >= 0.6 is 0 Å². The molecular formula is C18H27F3N2O5. The number of esters is 1. The van der Waals surface area contributed by atoms with E-state index < -0.39 is 41.7 Å². The third-order valence-electron chi connectivity index (χ3n) is 5.02. The highest BCUT2D eigenvalue weighted by molar-refractivity contribution is 5.86. The smallest absolute Gasteiger partial charge is 0.411 e. The van der Waals surface area contributed by atoms with Crippen molar-refractivity contribution in [3.8, 4) is 0 Å². The molecule has 160 valence electrons. The van der Waals surface area contributed by atoms with Gasteiger partial charge in [-0.2, -0.15) is 13.2 Å². The molecule has 2 aliphatic rings. The predicted molar refractivity (Wildman–Crippen MR) is 92.2 cm³/mol. The second-order valence-electron chi connectivity index (χ2n) is 8.25. The van der Waals surface area contributed by atoms with Crippen molar-refractivity contribution in [3.63, 3.8) is 0 Å². The van der Waals surface area contributed by atoms with Crippen LogP contribution in [0.1, 0.15) is 40.0 Å². The minimum absolute atomic E-state index is 0.00877. The number of nitrogens with zero attached hydrogens (tertiary/aromatic N) is 2. The van der Waals surface area contributed by atoms with Crippen LogP contribution in [0.4, 0.5) is 18.0 Å². The molecule has 7 nitrogen and oxygen atoms in total. The normalized spacial score (nSPS) is 24.2. The molecule has 2 saturated heterocycles. The highest BCUT2D eigenvalue weighted by Crippen LogP contribution is 2.35. The van der Waals surface area contributed by atoms with Crippen LogP contribution in [0.5, 0.6) is 0 Å². The summed E-state index contributed by atoms with van der Waals surface area (Å²) in [6.07, 6.45) is -5.21. The van der Waals surface area contributed by atoms with E-state index in [4.69, 9.17) is 9.47 Å². The fraction of sp³-hybridized carbons (Fsp3) is 0.833. The van der Waals surface area contributed by atoms with E-state index in [1.807, 2.05) is 0 Å². The quantitative estimate of drug-likeness (QED) is 0.657. The Balaban J connectivity index is 2.05. The lowest BCUT2D eigenvalue weighted by Crippen LogP contribution is -2.45. The Morgan fingerprint density at radius 3 is 2.07 bits per heavy atom. The maximum atomic E-state index is 12.8. The van der Waals surface area contributed by atoms with Crippen molar-refractivity contribution < 1.29 is 37.0 Å². The van der Waals surface area contributed by atoms with Crippen LogP contribution < -0.4 is 0 Å². The molecule has 0 unspecified atom stereocenters. The summed E-state index contributed by atoms with van der Waals surface area (Å²) in [4.78, 5) is 39.8. The summed E-state index contributed by atoms with van der Waals surface area (Å²) in [5.41, 5.74) is -0.778. The molecule has 2 heterocycles.